The molecular formula is C28H21ClN4O3. The summed E-state index contributed by atoms with van der Waals surface area (Å²) in [6, 6.07) is 26.5. The van der Waals surface area contributed by atoms with Crippen LogP contribution in [0, 0.1) is 0 Å². The standard InChI is InChI=1S/C28H21ClN4O3/c29-24-13-7-4-10-20(24)17-32-18-21(14-15-25(32)34)30-27(35)26-22-11-5-6-12-23(22)28(36)33(31-26)16-19-8-2-1-3-9-19/h1-15,18H,16-17H2,(H,30,35). The predicted molar refractivity (Wildman–Crippen MR) is 141 cm³/mol. The minimum Gasteiger partial charge on any atom is -0.319 e. The van der Waals surface area contributed by atoms with E-state index in [0.29, 0.717) is 21.5 Å². The second-order valence-corrected chi connectivity index (χ2v) is 8.68. The van der Waals surface area contributed by atoms with Crippen LogP contribution < -0.4 is 16.4 Å². The third-order valence-corrected chi connectivity index (χ3v) is 6.17. The first-order chi connectivity index (χ1) is 17.5. The van der Waals surface area contributed by atoms with E-state index < -0.39 is 5.91 Å². The molecule has 0 unspecified atom stereocenters. The van der Waals surface area contributed by atoms with Crippen LogP contribution in [0.2, 0.25) is 5.02 Å². The Morgan fingerprint density at radius 3 is 2.28 bits per heavy atom. The molecule has 7 nitrogen and oxygen atoms in total. The minimum absolute atomic E-state index is 0.116. The lowest BCUT2D eigenvalue weighted by Gasteiger charge is -2.13. The van der Waals surface area contributed by atoms with E-state index in [9.17, 15) is 14.4 Å². The van der Waals surface area contributed by atoms with Crippen molar-refractivity contribution in [1.82, 2.24) is 14.3 Å². The van der Waals surface area contributed by atoms with Gasteiger partial charge in [-0.15, -0.1) is 0 Å². The summed E-state index contributed by atoms with van der Waals surface area (Å²) in [4.78, 5) is 38.9. The first kappa shape index (κ1) is 23.3. The van der Waals surface area contributed by atoms with E-state index in [4.69, 9.17) is 11.6 Å². The van der Waals surface area contributed by atoms with Crippen LogP contribution in [0.25, 0.3) is 10.8 Å². The van der Waals surface area contributed by atoms with Crippen LogP contribution in [-0.2, 0) is 13.1 Å². The summed E-state index contributed by atoms with van der Waals surface area (Å²) in [6.45, 7) is 0.485. The lowest BCUT2D eigenvalue weighted by molar-refractivity contribution is 0.102. The first-order valence-electron chi connectivity index (χ1n) is 11.3. The Kier molecular flexibility index (Phi) is 6.47. The van der Waals surface area contributed by atoms with Gasteiger partial charge in [-0.25, -0.2) is 4.68 Å². The summed E-state index contributed by atoms with van der Waals surface area (Å²) in [7, 11) is 0. The number of nitrogens with one attached hydrogen (secondary N) is 1. The molecule has 0 saturated heterocycles. The number of carbonyl (C=O) groups is 1. The molecule has 5 aromatic rings. The van der Waals surface area contributed by atoms with Gasteiger partial charge in [0.25, 0.3) is 17.0 Å². The molecule has 0 fully saturated rings. The number of aromatic nitrogens is 3. The fourth-order valence-electron chi connectivity index (χ4n) is 4.00. The van der Waals surface area contributed by atoms with Crippen LogP contribution in [0.15, 0.2) is 107 Å². The Bertz CT molecular complexity index is 1690. The fourth-order valence-corrected chi connectivity index (χ4v) is 4.19. The molecule has 0 radical (unpaired) electrons. The smallest absolute Gasteiger partial charge is 0.276 e. The number of halogens is 1. The van der Waals surface area contributed by atoms with E-state index in [1.165, 1.54) is 21.4 Å². The average Bonchev–Trinajstić information content (AvgIpc) is 2.89. The van der Waals surface area contributed by atoms with Gasteiger partial charge in [0.1, 0.15) is 0 Å². The Labute approximate surface area is 211 Å². The molecule has 0 atom stereocenters. The molecule has 1 amide bonds. The van der Waals surface area contributed by atoms with Crippen molar-refractivity contribution in [2.75, 3.05) is 5.32 Å². The number of pyridine rings is 1. The molecule has 36 heavy (non-hydrogen) atoms. The number of amides is 1. The van der Waals surface area contributed by atoms with Crippen molar-refractivity contribution in [2.45, 2.75) is 13.1 Å². The summed E-state index contributed by atoms with van der Waals surface area (Å²) in [5.74, 6) is -0.490. The number of fused-ring (bicyclic) bond motifs is 1. The van der Waals surface area contributed by atoms with Gasteiger partial charge >= 0.3 is 0 Å². The van der Waals surface area contributed by atoms with Gasteiger partial charge in [-0.05, 0) is 29.3 Å². The molecule has 0 aliphatic rings. The number of hydrogen-bond donors (Lipinski definition) is 1. The molecule has 2 aromatic heterocycles. The van der Waals surface area contributed by atoms with Crippen molar-refractivity contribution >= 4 is 34.0 Å². The average molecular weight is 497 g/mol. The van der Waals surface area contributed by atoms with E-state index in [1.807, 2.05) is 48.5 Å². The lowest BCUT2D eigenvalue weighted by atomic mass is 10.1. The van der Waals surface area contributed by atoms with Gasteiger partial charge in [0, 0.05) is 22.7 Å². The molecule has 0 bridgehead atoms. The van der Waals surface area contributed by atoms with E-state index in [-0.39, 0.29) is 29.9 Å². The van der Waals surface area contributed by atoms with Crippen molar-refractivity contribution in [1.29, 1.82) is 0 Å². The highest BCUT2D eigenvalue weighted by molar-refractivity contribution is 6.31. The highest BCUT2D eigenvalue weighted by Gasteiger charge is 2.17. The quantitative estimate of drug-likeness (QED) is 0.373. The zero-order valence-electron chi connectivity index (χ0n) is 19.1. The van der Waals surface area contributed by atoms with E-state index in [2.05, 4.69) is 10.4 Å². The minimum atomic E-state index is -0.490. The third kappa shape index (κ3) is 4.82. The normalized spacial score (nSPS) is 10.9. The van der Waals surface area contributed by atoms with E-state index in [0.717, 1.165) is 11.1 Å². The topological polar surface area (TPSA) is 86.0 Å². The maximum absolute atomic E-state index is 13.4. The summed E-state index contributed by atoms with van der Waals surface area (Å²) < 4.78 is 2.77. The van der Waals surface area contributed by atoms with Crippen LogP contribution in [0.3, 0.4) is 0 Å². The van der Waals surface area contributed by atoms with Crippen molar-refractivity contribution in [3.63, 3.8) is 0 Å². The number of nitrogens with zero attached hydrogens (tertiary/aromatic N) is 3. The number of rotatable bonds is 6. The maximum atomic E-state index is 13.4. The molecule has 0 saturated carbocycles. The van der Waals surface area contributed by atoms with Gasteiger partial charge in [0.05, 0.1) is 24.2 Å². The van der Waals surface area contributed by atoms with Crippen LogP contribution >= 0.6 is 11.6 Å². The number of benzene rings is 3. The SMILES string of the molecule is O=C(Nc1ccc(=O)n(Cc2ccccc2Cl)c1)c1nn(Cc2ccccc2)c(=O)c2ccccc12. The molecule has 3 aromatic carbocycles. The first-order valence-corrected chi connectivity index (χ1v) is 11.7. The van der Waals surface area contributed by atoms with Crippen LogP contribution in [-0.4, -0.2) is 20.3 Å². The molecule has 5 rings (SSSR count). The van der Waals surface area contributed by atoms with Crippen LogP contribution in [0.1, 0.15) is 21.6 Å². The summed E-state index contributed by atoms with van der Waals surface area (Å²) in [5, 5.41) is 8.64. The van der Waals surface area contributed by atoms with Gasteiger partial charge in [-0.1, -0.05) is 78.3 Å². The molecule has 2 heterocycles. The largest absolute Gasteiger partial charge is 0.319 e. The molecule has 0 aliphatic carbocycles. The van der Waals surface area contributed by atoms with Crippen LogP contribution in [0.4, 0.5) is 5.69 Å². The molecule has 8 heteroatoms. The number of anilines is 1. The fraction of sp³-hybridized carbons (Fsp3) is 0.0714. The number of carbonyl (C=O) groups excluding carboxylic acids is 1. The zero-order chi connectivity index (χ0) is 25.1. The van der Waals surface area contributed by atoms with Crippen molar-refractivity contribution in [3.05, 3.63) is 140 Å². The highest BCUT2D eigenvalue weighted by Crippen LogP contribution is 2.18. The van der Waals surface area contributed by atoms with Gasteiger partial charge in [-0.2, -0.15) is 5.10 Å². The second-order valence-electron chi connectivity index (χ2n) is 8.27. The Morgan fingerprint density at radius 1 is 0.806 bits per heavy atom. The van der Waals surface area contributed by atoms with Gasteiger partial charge in [0.15, 0.2) is 5.69 Å². The van der Waals surface area contributed by atoms with Gasteiger partial charge in [-0.3, -0.25) is 14.4 Å². The Morgan fingerprint density at radius 2 is 1.50 bits per heavy atom. The maximum Gasteiger partial charge on any atom is 0.276 e. The van der Waals surface area contributed by atoms with E-state index in [1.54, 1.807) is 36.5 Å². The monoisotopic (exact) mass is 496 g/mol. The van der Waals surface area contributed by atoms with Crippen LogP contribution in [0.5, 0.6) is 0 Å². The van der Waals surface area contributed by atoms with Gasteiger partial charge in [0.2, 0.25) is 0 Å². The molecule has 178 valence electrons. The van der Waals surface area contributed by atoms with Crippen molar-refractivity contribution in [2.24, 2.45) is 0 Å². The molecular weight excluding hydrogens is 476 g/mol. The summed E-state index contributed by atoms with van der Waals surface area (Å²) >= 11 is 6.25. The molecule has 0 spiro atoms. The predicted octanol–water partition coefficient (Wildman–Crippen LogP) is 4.56. The highest BCUT2D eigenvalue weighted by atomic mass is 35.5. The Hall–Kier alpha value is -4.49. The summed E-state index contributed by atoms with van der Waals surface area (Å²) in [5.41, 5.74) is 1.70. The lowest BCUT2D eigenvalue weighted by Crippen LogP contribution is -2.28. The van der Waals surface area contributed by atoms with Crippen molar-refractivity contribution < 1.29 is 4.79 Å². The third-order valence-electron chi connectivity index (χ3n) is 5.80. The molecule has 1 N–H and O–H groups in total. The van der Waals surface area contributed by atoms with Gasteiger partial charge < -0.3 is 9.88 Å². The second kappa shape index (κ2) is 10.0. The summed E-state index contributed by atoms with van der Waals surface area (Å²) in [6.07, 6.45) is 1.56. The zero-order valence-corrected chi connectivity index (χ0v) is 19.9. The van der Waals surface area contributed by atoms with Crippen molar-refractivity contribution in [3.8, 4) is 0 Å². The van der Waals surface area contributed by atoms with E-state index >= 15 is 0 Å². The Balaban J connectivity index is 1.49. The number of hydrogen-bond acceptors (Lipinski definition) is 4. The molecule has 0 aliphatic heterocycles.